The van der Waals surface area contributed by atoms with Crippen LogP contribution in [0.3, 0.4) is 0 Å². The van der Waals surface area contributed by atoms with Crippen LogP contribution in [0.2, 0.25) is 5.02 Å². The molecule has 0 aliphatic heterocycles. The number of nitrogens with zero attached hydrogens (tertiary/aromatic N) is 2. The van der Waals surface area contributed by atoms with Gasteiger partial charge in [0, 0.05) is 17.3 Å². The van der Waals surface area contributed by atoms with Crippen molar-refractivity contribution in [2.24, 2.45) is 4.99 Å². The minimum absolute atomic E-state index is 0.0287. The van der Waals surface area contributed by atoms with Crippen LogP contribution in [-0.2, 0) is 0 Å². The average molecular weight is 350 g/mol. The summed E-state index contributed by atoms with van der Waals surface area (Å²) in [4.78, 5) is 14.1. The number of aliphatic imine (C=N–C) groups is 1. The molecule has 0 bridgehead atoms. The number of phenols is 1. The van der Waals surface area contributed by atoms with E-state index >= 15 is 0 Å². The van der Waals surface area contributed by atoms with Crippen molar-refractivity contribution >= 4 is 23.5 Å². The molecule has 2 N–H and O–H groups in total. The number of hydrogen-bond acceptors (Lipinski definition) is 6. The van der Waals surface area contributed by atoms with E-state index in [1.54, 1.807) is 19.1 Å². The first kappa shape index (κ1) is 17.7. The molecule has 0 heterocycles. The molecule has 0 amide bonds. The Morgan fingerprint density at radius 2 is 1.92 bits per heavy atom. The molecule has 2 aromatic carbocycles. The second-order valence-corrected chi connectivity index (χ2v) is 5.59. The van der Waals surface area contributed by atoms with Crippen LogP contribution in [-0.4, -0.2) is 27.4 Å². The van der Waals surface area contributed by atoms with Crippen LogP contribution in [0.4, 0.5) is 5.69 Å². The van der Waals surface area contributed by atoms with Gasteiger partial charge in [0.2, 0.25) is 0 Å². The maximum absolute atomic E-state index is 12.0. The lowest BCUT2D eigenvalue weighted by atomic mass is 10.0. The number of aromatic hydroxyl groups is 1. The predicted molar refractivity (Wildman–Crippen MR) is 87.7 cm³/mol. The van der Waals surface area contributed by atoms with Gasteiger partial charge in [-0.15, -0.1) is 0 Å². The largest absolute Gasteiger partial charge is 0.867 e. The summed E-state index contributed by atoms with van der Waals surface area (Å²) in [6.07, 6.45) is 0.196. The van der Waals surface area contributed by atoms with E-state index in [-0.39, 0.29) is 16.3 Å². The summed E-state index contributed by atoms with van der Waals surface area (Å²) < 4.78 is 0. The minimum atomic E-state index is -0.967. The van der Waals surface area contributed by atoms with Crippen molar-refractivity contribution in [2.45, 2.75) is 19.1 Å². The standard InChI is InChI=1S/C16H15ClN2O5/c1-9(15(21)10-2-4-13(20)5-3-10)18-8-11-6-12(17)7-14(16(11)22)19(23)24/h2-9,15,20-22H,1H3/p-1/t9-,15+/m0/s1. The van der Waals surface area contributed by atoms with Crippen molar-refractivity contribution in [2.75, 3.05) is 0 Å². The second kappa shape index (κ2) is 7.29. The van der Waals surface area contributed by atoms with Crippen molar-refractivity contribution in [3.8, 4) is 11.5 Å². The van der Waals surface area contributed by atoms with Gasteiger partial charge in [-0.25, -0.2) is 0 Å². The quantitative estimate of drug-likeness (QED) is 0.488. The second-order valence-electron chi connectivity index (χ2n) is 5.16. The number of aliphatic hydroxyl groups is 1. The SMILES string of the molecule is C[C@H](N=Cc1cc(Cl)cc([N+](=O)[O-])c1[O-])[C@@H](O)c1ccc(O)cc1. The van der Waals surface area contributed by atoms with E-state index in [2.05, 4.69) is 4.99 Å². The Labute approximate surface area is 142 Å². The lowest BCUT2D eigenvalue weighted by Crippen LogP contribution is -2.13. The topological polar surface area (TPSA) is 119 Å². The van der Waals surface area contributed by atoms with Crippen molar-refractivity contribution in [3.63, 3.8) is 0 Å². The number of rotatable bonds is 5. The number of phenolic OH excluding ortho intramolecular Hbond substituents is 1. The molecule has 0 saturated carbocycles. The molecule has 0 aliphatic carbocycles. The van der Waals surface area contributed by atoms with Crippen LogP contribution in [0.1, 0.15) is 24.2 Å². The summed E-state index contributed by atoms with van der Waals surface area (Å²) in [5.74, 6) is -0.719. The third kappa shape index (κ3) is 4.01. The fraction of sp³-hybridized carbons (Fsp3) is 0.188. The Kier molecular flexibility index (Phi) is 5.38. The fourth-order valence-corrected chi connectivity index (χ4v) is 2.28. The van der Waals surface area contributed by atoms with Crippen LogP contribution < -0.4 is 5.11 Å². The molecule has 0 radical (unpaired) electrons. The Hall–Kier alpha value is -2.64. The Bertz CT molecular complexity index is 777. The summed E-state index contributed by atoms with van der Waals surface area (Å²) in [5.41, 5.74) is -0.119. The minimum Gasteiger partial charge on any atom is -0.867 e. The zero-order valence-electron chi connectivity index (χ0n) is 12.6. The normalized spacial score (nSPS) is 13.8. The maximum atomic E-state index is 12.0. The van der Waals surface area contributed by atoms with E-state index in [0.29, 0.717) is 5.56 Å². The van der Waals surface area contributed by atoms with E-state index in [0.717, 1.165) is 12.3 Å². The van der Waals surface area contributed by atoms with Crippen molar-refractivity contribution in [3.05, 3.63) is 62.7 Å². The molecule has 0 aliphatic rings. The van der Waals surface area contributed by atoms with Gasteiger partial charge in [-0.3, -0.25) is 15.1 Å². The Morgan fingerprint density at radius 1 is 1.29 bits per heavy atom. The molecule has 2 rings (SSSR count). The van der Waals surface area contributed by atoms with Gasteiger partial charge in [-0.05, 0) is 42.0 Å². The van der Waals surface area contributed by atoms with E-state index < -0.39 is 28.5 Å². The van der Waals surface area contributed by atoms with Crippen LogP contribution in [0, 0.1) is 10.1 Å². The smallest absolute Gasteiger partial charge is 0.263 e. The molecule has 8 heteroatoms. The van der Waals surface area contributed by atoms with Gasteiger partial charge in [0.25, 0.3) is 5.69 Å². The molecule has 126 valence electrons. The van der Waals surface area contributed by atoms with E-state index in [9.17, 15) is 25.4 Å². The fourth-order valence-electron chi connectivity index (χ4n) is 2.06. The van der Waals surface area contributed by atoms with Gasteiger partial charge >= 0.3 is 0 Å². The first-order chi connectivity index (χ1) is 11.3. The van der Waals surface area contributed by atoms with E-state index in [1.807, 2.05) is 0 Å². The molecular weight excluding hydrogens is 336 g/mol. The molecule has 0 spiro atoms. The summed E-state index contributed by atoms with van der Waals surface area (Å²) in [6, 6.07) is 7.61. The molecule has 0 fully saturated rings. The van der Waals surface area contributed by atoms with E-state index in [1.165, 1.54) is 18.2 Å². The monoisotopic (exact) mass is 349 g/mol. The summed E-state index contributed by atoms with van der Waals surface area (Å²) in [6.45, 7) is 1.62. The average Bonchev–Trinajstić information content (AvgIpc) is 2.54. The lowest BCUT2D eigenvalue weighted by Gasteiger charge is -2.16. The molecular formula is C16H14ClN2O5-. The highest BCUT2D eigenvalue weighted by molar-refractivity contribution is 6.31. The number of hydrogen-bond donors (Lipinski definition) is 2. The van der Waals surface area contributed by atoms with Gasteiger partial charge in [-0.2, -0.15) is 0 Å². The van der Waals surface area contributed by atoms with Gasteiger partial charge in [0.1, 0.15) is 11.9 Å². The number of nitro benzene ring substituents is 1. The third-order valence-corrected chi connectivity index (χ3v) is 3.62. The molecule has 24 heavy (non-hydrogen) atoms. The molecule has 0 saturated heterocycles. The van der Waals surface area contributed by atoms with Crippen LogP contribution >= 0.6 is 11.6 Å². The number of nitro groups is 1. The first-order valence-electron chi connectivity index (χ1n) is 6.94. The molecule has 0 unspecified atom stereocenters. The van der Waals surface area contributed by atoms with Crippen LogP contribution in [0.5, 0.6) is 11.5 Å². The number of aliphatic hydroxyl groups excluding tert-OH is 1. The highest BCUT2D eigenvalue weighted by atomic mass is 35.5. The number of halogens is 1. The summed E-state index contributed by atoms with van der Waals surface area (Å²) in [7, 11) is 0. The number of benzene rings is 2. The Morgan fingerprint density at radius 3 is 2.50 bits per heavy atom. The highest BCUT2D eigenvalue weighted by Crippen LogP contribution is 2.30. The maximum Gasteiger partial charge on any atom is 0.263 e. The van der Waals surface area contributed by atoms with Gasteiger partial charge in [0.15, 0.2) is 0 Å². The summed E-state index contributed by atoms with van der Waals surface area (Å²) >= 11 is 5.78. The van der Waals surface area contributed by atoms with Gasteiger partial charge in [-0.1, -0.05) is 23.7 Å². The third-order valence-electron chi connectivity index (χ3n) is 3.40. The Balaban J connectivity index is 2.24. The predicted octanol–water partition coefficient (Wildman–Crippen LogP) is 2.57. The van der Waals surface area contributed by atoms with Gasteiger partial charge in [0.05, 0.1) is 11.0 Å². The van der Waals surface area contributed by atoms with Crippen molar-refractivity contribution in [1.29, 1.82) is 0 Å². The molecule has 2 aromatic rings. The van der Waals surface area contributed by atoms with Crippen molar-refractivity contribution < 1.29 is 20.2 Å². The molecule has 2 atom stereocenters. The van der Waals surface area contributed by atoms with Gasteiger partial charge < -0.3 is 15.3 Å². The first-order valence-corrected chi connectivity index (χ1v) is 7.32. The zero-order valence-corrected chi connectivity index (χ0v) is 13.3. The highest BCUT2D eigenvalue weighted by Gasteiger charge is 2.16. The van der Waals surface area contributed by atoms with Crippen LogP contribution in [0.25, 0.3) is 0 Å². The lowest BCUT2D eigenvalue weighted by molar-refractivity contribution is -0.398. The molecule has 0 aromatic heterocycles. The van der Waals surface area contributed by atoms with Crippen molar-refractivity contribution in [1.82, 2.24) is 0 Å². The zero-order chi connectivity index (χ0) is 17.9. The van der Waals surface area contributed by atoms with E-state index in [4.69, 9.17) is 11.6 Å². The van der Waals surface area contributed by atoms with Crippen LogP contribution in [0.15, 0.2) is 41.4 Å². The summed E-state index contributed by atoms with van der Waals surface area (Å²) in [5, 5.41) is 42.3. The molecule has 7 nitrogen and oxygen atoms in total.